The number of thioether (sulfide) groups is 1. The van der Waals surface area contributed by atoms with Crippen molar-refractivity contribution in [1.82, 2.24) is 9.97 Å². The Balaban J connectivity index is 2.10. The second-order valence-electron chi connectivity index (χ2n) is 3.53. The normalized spacial score (nSPS) is 10.5. The molecule has 0 aliphatic carbocycles. The van der Waals surface area contributed by atoms with Gasteiger partial charge in [-0.05, 0) is 18.6 Å². The van der Waals surface area contributed by atoms with Crippen LogP contribution in [-0.4, -0.2) is 15.1 Å². The van der Waals surface area contributed by atoms with Gasteiger partial charge in [-0.2, -0.15) is 4.98 Å². The number of hydrogen-bond acceptors (Lipinski definition) is 4. The van der Waals surface area contributed by atoms with E-state index in [0.29, 0.717) is 22.2 Å². The maximum atomic E-state index is 13.3. The molecule has 88 valence electrons. The minimum atomic E-state index is -0.239. The number of hydrogen-bond donors (Lipinski definition) is 1. The monoisotopic (exact) mass is 250 g/mol. The number of nitrogens with zero attached hydrogens (tertiary/aromatic N) is 2. The fraction of sp³-hybridized carbons (Fsp3) is 0.167. The fourth-order valence-electron chi connectivity index (χ4n) is 1.35. The summed E-state index contributed by atoms with van der Waals surface area (Å²) >= 11 is 1.29. The first-order valence-corrected chi connectivity index (χ1v) is 6.04. The molecule has 0 bridgehead atoms. The lowest BCUT2D eigenvalue weighted by Gasteiger charge is -2.03. The number of aromatic hydroxyl groups is 1. The lowest BCUT2D eigenvalue weighted by molar-refractivity contribution is 0.444. The van der Waals surface area contributed by atoms with Crippen molar-refractivity contribution in [3.05, 3.63) is 47.4 Å². The molecule has 0 unspecified atom stereocenters. The number of rotatable bonds is 3. The van der Waals surface area contributed by atoms with Gasteiger partial charge in [0.15, 0.2) is 5.16 Å². The first-order valence-electron chi connectivity index (χ1n) is 5.06. The van der Waals surface area contributed by atoms with Gasteiger partial charge in [0, 0.05) is 17.5 Å². The molecule has 1 N–H and O–H groups in total. The zero-order valence-electron chi connectivity index (χ0n) is 9.22. The Hall–Kier alpha value is -1.62. The van der Waals surface area contributed by atoms with Crippen LogP contribution in [0.5, 0.6) is 5.88 Å². The van der Waals surface area contributed by atoms with Crippen molar-refractivity contribution >= 4 is 11.8 Å². The van der Waals surface area contributed by atoms with E-state index in [2.05, 4.69) is 9.97 Å². The highest BCUT2D eigenvalue weighted by Crippen LogP contribution is 2.22. The summed E-state index contributed by atoms with van der Waals surface area (Å²) in [6, 6.07) is 8.06. The molecule has 0 atom stereocenters. The van der Waals surface area contributed by atoms with Crippen LogP contribution < -0.4 is 0 Å². The lowest BCUT2D eigenvalue weighted by Crippen LogP contribution is -1.92. The van der Waals surface area contributed by atoms with Crippen LogP contribution in [0.4, 0.5) is 4.39 Å². The second-order valence-corrected chi connectivity index (χ2v) is 4.47. The maximum Gasteiger partial charge on any atom is 0.215 e. The topological polar surface area (TPSA) is 46.0 Å². The number of aromatic nitrogens is 2. The molecule has 17 heavy (non-hydrogen) atoms. The largest absolute Gasteiger partial charge is 0.493 e. The van der Waals surface area contributed by atoms with Gasteiger partial charge in [-0.25, -0.2) is 9.37 Å². The predicted molar refractivity (Wildman–Crippen MR) is 64.4 cm³/mol. The molecule has 2 aromatic rings. The Morgan fingerprint density at radius 1 is 1.29 bits per heavy atom. The summed E-state index contributed by atoms with van der Waals surface area (Å²) in [6.07, 6.45) is 0. The molecule has 0 amide bonds. The Morgan fingerprint density at radius 2 is 2.06 bits per heavy atom. The summed E-state index contributed by atoms with van der Waals surface area (Å²) in [5, 5.41) is 9.76. The molecule has 0 saturated heterocycles. The Labute approximate surface area is 103 Å². The number of benzene rings is 1. The average Bonchev–Trinajstić information content (AvgIpc) is 2.27. The summed E-state index contributed by atoms with van der Waals surface area (Å²) in [5.74, 6) is 0.139. The third-order valence-corrected chi connectivity index (χ3v) is 3.03. The van der Waals surface area contributed by atoms with Crippen molar-refractivity contribution in [3.63, 3.8) is 0 Å². The van der Waals surface area contributed by atoms with Crippen LogP contribution in [0.15, 0.2) is 35.5 Å². The van der Waals surface area contributed by atoms with Crippen LogP contribution in [0.1, 0.15) is 11.3 Å². The van der Waals surface area contributed by atoms with E-state index in [0.717, 1.165) is 0 Å². The molecular weight excluding hydrogens is 239 g/mol. The quantitative estimate of drug-likeness (QED) is 0.672. The first kappa shape index (κ1) is 11.9. The van der Waals surface area contributed by atoms with Gasteiger partial charge in [0.25, 0.3) is 0 Å². The lowest BCUT2D eigenvalue weighted by atomic mass is 10.2. The van der Waals surface area contributed by atoms with E-state index in [4.69, 9.17) is 0 Å². The average molecular weight is 250 g/mol. The fourth-order valence-corrected chi connectivity index (χ4v) is 2.23. The van der Waals surface area contributed by atoms with Crippen LogP contribution in [0.25, 0.3) is 0 Å². The summed E-state index contributed by atoms with van der Waals surface area (Å²) in [6.45, 7) is 1.77. The highest BCUT2D eigenvalue weighted by molar-refractivity contribution is 7.98. The zero-order chi connectivity index (χ0) is 12.3. The standard InChI is InChI=1S/C12H11FN2OS/c1-8-6-11(16)15-12(14-8)17-7-9-4-2-3-5-10(9)13/h2-6H,7H2,1H3,(H,14,15,16). The minimum Gasteiger partial charge on any atom is -0.493 e. The van der Waals surface area contributed by atoms with Gasteiger partial charge in [-0.3, -0.25) is 0 Å². The molecule has 0 spiro atoms. The Morgan fingerprint density at radius 3 is 2.76 bits per heavy atom. The maximum absolute atomic E-state index is 13.3. The van der Waals surface area contributed by atoms with E-state index in [9.17, 15) is 9.50 Å². The molecule has 1 heterocycles. The van der Waals surface area contributed by atoms with Crippen molar-refractivity contribution in [1.29, 1.82) is 0 Å². The van der Waals surface area contributed by atoms with Crippen LogP contribution >= 0.6 is 11.8 Å². The van der Waals surface area contributed by atoms with Crippen molar-refractivity contribution in [2.75, 3.05) is 0 Å². The number of halogens is 1. The van der Waals surface area contributed by atoms with Crippen LogP contribution in [0.2, 0.25) is 0 Å². The van der Waals surface area contributed by atoms with Gasteiger partial charge in [0.1, 0.15) is 5.82 Å². The van der Waals surface area contributed by atoms with Crippen LogP contribution in [-0.2, 0) is 5.75 Å². The zero-order valence-corrected chi connectivity index (χ0v) is 10.0. The van der Waals surface area contributed by atoms with Crippen LogP contribution in [0, 0.1) is 12.7 Å². The third kappa shape index (κ3) is 3.17. The van der Waals surface area contributed by atoms with Crippen LogP contribution in [0.3, 0.4) is 0 Å². The molecule has 0 aliphatic heterocycles. The first-order chi connectivity index (χ1) is 8.15. The van der Waals surface area contributed by atoms with Crippen molar-refractivity contribution < 1.29 is 9.50 Å². The van der Waals surface area contributed by atoms with Gasteiger partial charge in [-0.1, -0.05) is 30.0 Å². The molecule has 5 heteroatoms. The van der Waals surface area contributed by atoms with E-state index in [1.165, 1.54) is 23.9 Å². The van der Waals surface area contributed by atoms with E-state index >= 15 is 0 Å². The van der Waals surface area contributed by atoms with Crippen molar-refractivity contribution in [3.8, 4) is 5.88 Å². The molecule has 1 aromatic heterocycles. The molecule has 1 aromatic carbocycles. The summed E-state index contributed by atoms with van der Waals surface area (Å²) < 4.78 is 13.3. The van der Waals surface area contributed by atoms with E-state index in [-0.39, 0.29) is 11.7 Å². The van der Waals surface area contributed by atoms with Crippen molar-refractivity contribution in [2.45, 2.75) is 17.8 Å². The number of aryl methyl sites for hydroxylation is 1. The molecule has 3 nitrogen and oxygen atoms in total. The van der Waals surface area contributed by atoms with Crippen molar-refractivity contribution in [2.24, 2.45) is 0 Å². The summed E-state index contributed by atoms with van der Waals surface area (Å²) in [4.78, 5) is 8.01. The third-order valence-electron chi connectivity index (χ3n) is 2.13. The van der Waals surface area contributed by atoms with Gasteiger partial charge in [0.05, 0.1) is 0 Å². The molecule has 0 radical (unpaired) electrons. The predicted octanol–water partition coefficient (Wildman–Crippen LogP) is 2.92. The van der Waals surface area contributed by atoms with E-state index < -0.39 is 0 Å². The van der Waals surface area contributed by atoms with E-state index in [1.54, 1.807) is 25.1 Å². The smallest absolute Gasteiger partial charge is 0.215 e. The minimum absolute atomic E-state index is 0.0615. The summed E-state index contributed by atoms with van der Waals surface area (Å²) in [7, 11) is 0. The molecule has 0 saturated carbocycles. The highest BCUT2D eigenvalue weighted by Gasteiger charge is 2.05. The van der Waals surface area contributed by atoms with Gasteiger partial charge >= 0.3 is 0 Å². The summed E-state index contributed by atoms with van der Waals surface area (Å²) in [5.41, 5.74) is 1.29. The molecule has 0 fully saturated rings. The SMILES string of the molecule is Cc1cc(O)nc(SCc2ccccc2F)n1. The molecule has 2 rings (SSSR count). The Kier molecular flexibility index (Phi) is 3.58. The van der Waals surface area contributed by atoms with Gasteiger partial charge < -0.3 is 5.11 Å². The second kappa shape index (κ2) is 5.14. The van der Waals surface area contributed by atoms with E-state index in [1.807, 2.05) is 0 Å². The molecular formula is C12H11FN2OS. The van der Waals surface area contributed by atoms with Gasteiger partial charge in [0.2, 0.25) is 5.88 Å². The highest BCUT2D eigenvalue weighted by atomic mass is 32.2. The Bertz CT molecular complexity index is 513. The molecule has 0 aliphatic rings. The van der Waals surface area contributed by atoms with Gasteiger partial charge in [-0.15, -0.1) is 0 Å².